The highest BCUT2D eigenvalue weighted by molar-refractivity contribution is 7.91. The number of carbonyl (C=O) groups is 1. The number of pyridine rings is 3. The highest BCUT2D eigenvalue weighted by atomic mass is 32.2. The molecular weight excluding hydrogens is 514 g/mol. The van der Waals surface area contributed by atoms with Crippen LogP contribution in [0.1, 0.15) is 40.5 Å². The van der Waals surface area contributed by atoms with Crippen molar-refractivity contribution in [1.82, 2.24) is 20.3 Å². The van der Waals surface area contributed by atoms with Gasteiger partial charge >= 0.3 is 0 Å². The van der Waals surface area contributed by atoms with Crippen LogP contribution < -0.4 is 10.2 Å². The SMILES string of the molecule is C[C@@H]1CCc2ccc(-c3ccc4cnc(CNC(=O)c5ccc6c(c5)S(=O)(=O)CCOC6)cc4n3)nc2N1C. The van der Waals surface area contributed by atoms with Gasteiger partial charge in [0, 0.05) is 30.2 Å². The number of hydrogen-bond donors (Lipinski definition) is 1. The van der Waals surface area contributed by atoms with Crippen molar-refractivity contribution >= 4 is 32.5 Å². The Morgan fingerprint density at radius 1 is 1.08 bits per heavy atom. The molecule has 0 fully saturated rings. The number of amides is 1. The van der Waals surface area contributed by atoms with Crippen LogP contribution >= 0.6 is 0 Å². The molecular formula is C29H29N5O4S. The largest absolute Gasteiger partial charge is 0.376 e. The van der Waals surface area contributed by atoms with Crippen LogP contribution in [-0.2, 0) is 34.1 Å². The van der Waals surface area contributed by atoms with Gasteiger partial charge in [-0.3, -0.25) is 9.78 Å². The van der Waals surface area contributed by atoms with Crippen LogP contribution in [-0.4, -0.2) is 54.7 Å². The van der Waals surface area contributed by atoms with Gasteiger partial charge in [-0.1, -0.05) is 12.1 Å². The number of nitrogens with one attached hydrogen (secondary N) is 1. The monoisotopic (exact) mass is 543 g/mol. The van der Waals surface area contributed by atoms with Crippen LogP contribution in [0.2, 0.25) is 0 Å². The Morgan fingerprint density at radius 2 is 1.87 bits per heavy atom. The fourth-order valence-electron chi connectivity index (χ4n) is 5.02. The molecule has 4 aromatic rings. The molecule has 0 saturated carbocycles. The first-order valence-corrected chi connectivity index (χ1v) is 14.6. The second kappa shape index (κ2) is 10.0. The van der Waals surface area contributed by atoms with Gasteiger partial charge in [-0.2, -0.15) is 0 Å². The zero-order valence-electron chi connectivity index (χ0n) is 21.8. The zero-order valence-corrected chi connectivity index (χ0v) is 22.7. The summed E-state index contributed by atoms with van der Waals surface area (Å²) in [6, 6.07) is 15.1. The minimum Gasteiger partial charge on any atom is -0.376 e. The number of hydrogen-bond acceptors (Lipinski definition) is 8. The van der Waals surface area contributed by atoms with Gasteiger partial charge in [-0.15, -0.1) is 0 Å². The summed E-state index contributed by atoms with van der Waals surface area (Å²) in [5.41, 5.74) is 5.07. The number of aryl methyl sites for hydroxylation is 1. The summed E-state index contributed by atoms with van der Waals surface area (Å²) in [4.78, 5) is 29.5. The van der Waals surface area contributed by atoms with Crippen molar-refractivity contribution in [3.05, 3.63) is 77.1 Å². The molecule has 0 radical (unpaired) electrons. The Labute approximate surface area is 227 Å². The van der Waals surface area contributed by atoms with E-state index in [4.69, 9.17) is 14.7 Å². The third-order valence-electron chi connectivity index (χ3n) is 7.52. The lowest BCUT2D eigenvalue weighted by atomic mass is 10.00. The normalized spacial score (nSPS) is 18.2. The lowest BCUT2D eigenvalue weighted by Crippen LogP contribution is -2.34. The van der Waals surface area contributed by atoms with E-state index in [0.29, 0.717) is 17.3 Å². The lowest BCUT2D eigenvalue weighted by molar-refractivity contribution is 0.0950. The number of benzene rings is 1. The maximum Gasteiger partial charge on any atom is 0.251 e. The number of anilines is 1. The molecule has 1 N–H and O–H groups in total. The topological polar surface area (TPSA) is 114 Å². The van der Waals surface area contributed by atoms with Gasteiger partial charge in [-0.25, -0.2) is 18.4 Å². The van der Waals surface area contributed by atoms with E-state index in [1.54, 1.807) is 18.3 Å². The number of aromatic nitrogens is 3. The summed E-state index contributed by atoms with van der Waals surface area (Å²) in [6.07, 6.45) is 3.87. The molecule has 2 aliphatic rings. The first kappa shape index (κ1) is 25.4. The van der Waals surface area contributed by atoms with E-state index in [-0.39, 0.29) is 41.9 Å². The van der Waals surface area contributed by atoms with Gasteiger partial charge in [0.15, 0.2) is 9.84 Å². The first-order valence-electron chi connectivity index (χ1n) is 13.0. The number of carbonyl (C=O) groups excluding carboxylic acids is 1. The number of sulfone groups is 1. The molecule has 0 spiro atoms. The standard InChI is InChI=1S/C29H29N5O4S/c1-18-3-4-19-7-9-25(33-28(19)34(18)2)24-10-8-21-15-30-23(14-26(21)32-24)16-31-29(35)20-5-6-22-17-38-11-12-39(36,37)27(22)13-20/h5-10,13-15,18H,3-4,11-12,16-17H2,1-2H3,(H,31,35)/t18-/m1/s1. The summed E-state index contributed by atoms with van der Waals surface area (Å²) in [5, 5.41) is 3.73. The van der Waals surface area contributed by atoms with Crippen LogP contribution in [0.3, 0.4) is 0 Å². The maximum absolute atomic E-state index is 12.9. The highest BCUT2D eigenvalue weighted by Crippen LogP contribution is 2.30. The number of nitrogens with zero attached hydrogens (tertiary/aromatic N) is 4. The van der Waals surface area contributed by atoms with Crippen LogP contribution in [0.25, 0.3) is 22.3 Å². The van der Waals surface area contributed by atoms with Crippen molar-refractivity contribution in [2.75, 3.05) is 24.3 Å². The summed E-state index contributed by atoms with van der Waals surface area (Å²) in [6.45, 7) is 2.74. The summed E-state index contributed by atoms with van der Waals surface area (Å²) in [7, 11) is -1.42. The number of ether oxygens (including phenoxy) is 1. The van der Waals surface area contributed by atoms with Crippen molar-refractivity contribution in [2.24, 2.45) is 0 Å². The average Bonchev–Trinajstić information content (AvgIpc) is 3.10. The van der Waals surface area contributed by atoms with E-state index in [2.05, 4.69) is 35.2 Å². The maximum atomic E-state index is 12.9. The van der Waals surface area contributed by atoms with Crippen LogP contribution in [0.4, 0.5) is 5.82 Å². The summed E-state index contributed by atoms with van der Waals surface area (Å²) >= 11 is 0. The molecule has 1 aromatic carbocycles. The van der Waals surface area contributed by atoms with Crippen molar-refractivity contribution in [3.63, 3.8) is 0 Å². The van der Waals surface area contributed by atoms with Crippen molar-refractivity contribution in [3.8, 4) is 11.4 Å². The van der Waals surface area contributed by atoms with E-state index in [1.165, 1.54) is 11.6 Å². The zero-order chi connectivity index (χ0) is 27.1. The van der Waals surface area contributed by atoms with Gasteiger partial charge in [-0.05, 0) is 67.3 Å². The molecule has 0 saturated heterocycles. The molecule has 1 atom stereocenters. The Hall–Kier alpha value is -3.89. The second-order valence-electron chi connectivity index (χ2n) is 10.1. The average molecular weight is 544 g/mol. The van der Waals surface area contributed by atoms with Gasteiger partial charge in [0.2, 0.25) is 0 Å². The van der Waals surface area contributed by atoms with Crippen molar-refractivity contribution < 1.29 is 17.9 Å². The van der Waals surface area contributed by atoms with Crippen LogP contribution in [0, 0.1) is 0 Å². The van der Waals surface area contributed by atoms with E-state index in [1.807, 2.05) is 24.3 Å². The molecule has 0 bridgehead atoms. The second-order valence-corrected chi connectivity index (χ2v) is 12.2. The third kappa shape index (κ3) is 4.97. The van der Waals surface area contributed by atoms with Gasteiger partial charge in [0.05, 0.1) is 53.0 Å². The Balaban J connectivity index is 1.22. The van der Waals surface area contributed by atoms with E-state index < -0.39 is 9.84 Å². The Bertz CT molecular complexity index is 1710. The summed E-state index contributed by atoms with van der Waals surface area (Å²) in [5.74, 6) is 0.528. The van der Waals surface area contributed by atoms with Crippen molar-refractivity contribution in [2.45, 2.75) is 43.9 Å². The molecule has 39 heavy (non-hydrogen) atoms. The summed E-state index contributed by atoms with van der Waals surface area (Å²) < 4.78 is 30.5. The molecule has 9 nitrogen and oxygen atoms in total. The Kier molecular flexibility index (Phi) is 6.52. The van der Waals surface area contributed by atoms with Crippen molar-refractivity contribution in [1.29, 1.82) is 0 Å². The molecule has 10 heteroatoms. The van der Waals surface area contributed by atoms with Gasteiger partial charge in [0.25, 0.3) is 5.91 Å². The molecule has 3 aromatic heterocycles. The molecule has 6 rings (SSSR count). The predicted molar refractivity (Wildman–Crippen MR) is 148 cm³/mol. The minimum absolute atomic E-state index is 0.0993. The molecule has 1 amide bonds. The smallest absolute Gasteiger partial charge is 0.251 e. The lowest BCUT2D eigenvalue weighted by Gasteiger charge is -2.32. The van der Waals surface area contributed by atoms with Gasteiger partial charge < -0.3 is 15.0 Å². The first-order chi connectivity index (χ1) is 18.8. The molecule has 2 aliphatic heterocycles. The van der Waals surface area contributed by atoms with Crippen LogP contribution in [0.15, 0.2) is 59.6 Å². The number of rotatable bonds is 4. The molecule has 0 unspecified atom stereocenters. The molecule has 200 valence electrons. The van der Waals surface area contributed by atoms with E-state index >= 15 is 0 Å². The third-order valence-corrected chi connectivity index (χ3v) is 9.28. The number of fused-ring (bicyclic) bond motifs is 3. The van der Waals surface area contributed by atoms with E-state index in [0.717, 1.165) is 41.0 Å². The fourth-order valence-corrected chi connectivity index (χ4v) is 6.41. The quantitative estimate of drug-likeness (QED) is 0.415. The van der Waals surface area contributed by atoms with Gasteiger partial charge in [0.1, 0.15) is 5.82 Å². The molecule has 0 aliphatic carbocycles. The van der Waals surface area contributed by atoms with E-state index in [9.17, 15) is 13.2 Å². The van der Waals surface area contributed by atoms with Crippen LogP contribution in [0.5, 0.6) is 0 Å². The minimum atomic E-state index is -3.50. The highest BCUT2D eigenvalue weighted by Gasteiger charge is 2.24. The fraction of sp³-hybridized carbons (Fsp3) is 0.310. The Morgan fingerprint density at radius 3 is 2.74 bits per heavy atom. The molecule has 5 heterocycles. The predicted octanol–water partition coefficient (Wildman–Crippen LogP) is 3.70.